The van der Waals surface area contributed by atoms with Gasteiger partial charge in [0.25, 0.3) is 0 Å². The topological polar surface area (TPSA) is 23.8 Å². The van der Waals surface area contributed by atoms with E-state index in [1.807, 2.05) is 37.3 Å². The number of nitriles is 1. The standard InChI is InChI=1S/C12H11NSe/c1-2-11(9-6-10-13)14-12-7-4-3-5-8-12/h2-9H,1H3/b9-6+,11-2-. The van der Waals surface area contributed by atoms with E-state index in [0.717, 1.165) is 0 Å². The van der Waals surface area contributed by atoms with Crippen LogP contribution in [-0.2, 0) is 0 Å². The molecule has 1 rings (SSSR count). The van der Waals surface area contributed by atoms with E-state index in [1.165, 1.54) is 15.0 Å². The van der Waals surface area contributed by atoms with Crippen LogP contribution in [0.1, 0.15) is 6.92 Å². The Morgan fingerprint density at radius 2 is 2.07 bits per heavy atom. The van der Waals surface area contributed by atoms with Crippen LogP contribution in [0.3, 0.4) is 0 Å². The zero-order valence-electron chi connectivity index (χ0n) is 7.97. The molecule has 1 nitrogen and oxygen atoms in total. The number of hydrogen-bond acceptors (Lipinski definition) is 1. The van der Waals surface area contributed by atoms with Crippen LogP contribution in [0.25, 0.3) is 0 Å². The van der Waals surface area contributed by atoms with Crippen molar-refractivity contribution in [1.29, 1.82) is 5.26 Å². The van der Waals surface area contributed by atoms with Gasteiger partial charge in [-0.3, -0.25) is 0 Å². The van der Waals surface area contributed by atoms with Gasteiger partial charge in [0.15, 0.2) is 0 Å². The summed E-state index contributed by atoms with van der Waals surface area (Å²) in [5, 5.41) is 8.42. The van der Waals surface area contributed by atoms with Crippen LogP contribution in [0.5, 0.6) is 0 Å². The van der Waals surface area contributed by atoms with Gasteiger partial charge in [-0.2, -0.15) is 0 Å². The Morgan fingerprint density at radius 3 is 2.64 bits per heavy atom. The van der Waals surface area contributed by atoms with Gasteiger partial charge in [-0.25, -0.2) is 0 Å². The molecule has 0 heterocycles. The molecule has 0 atom stereocenters. The molecule has 0 N–H and O–H groups in total. The summed E-state index contributed by atoms with van der Waals surface area (Å²) in [7, 11) is 0. The second-order valence-corrected chi connectivity index (χ2v) is 4.97. The van der Waals surface area contributed by atoms with Gasteiger partial charge in [-0.15, -0.1) is 0 Å². The summed E-state index contributed by atoms with van der Waals surface area (Å²) in [5.74, 6) is 0. The fourth-order valence-electron chi connectivity index (χ4n) is 0.933. The van der Waals surface area contributed by atoms with Crippen molar-refractivity contribution in [2.24, 2.45) is 0 Å². The zero-order chi connectivity index (χ0) is 10.2. The average molecular weight is 248 g/mol. The molecule has 2 heteroatoms. The fraction of sp³-hybridized carbons (Fsp3) is 0.0833. The summed E-state index contributed by atoms with van der Waals surface area (Å²) in [6, 6.07) is 12.3. The predicted octanol–water partition coefficient (Wildman–Crippen LogP) is 2.00. The van der Waals surface area contributed by atoms with Crippen molar-refractivity contribution in [2.45, 2.75) is 6.92 Å². The molecule has 0 fully saturated rings. The molecular weight excluding hydrogens is 237 g/mol. The third-order valence-corrected chi connectivity index (χ3v) is 3.93. The first-order chi connectivity index (χ1) is 6.86. The van der Waals surface area contributed by atoms with Gasteiger partial charge < -0.3 is 0 Å². The van der Waals surface area contributed by atoms with E-state index in [4.69, 9.17) is 5.26 Å². The molecule has 0 spiro atoms. The normalized spacial score (nSPS) is 11.6. The molecular formula is C12H11NSe. The molecule has 0 radical (unpaired) electrons. The minimum absolute atomic E-state index is 0.309. The number of allylic oxidation sites excluding steroid dienone is 4. The van der Waals surface area contributed by atoms with E-state index in [-0.39, 0.29) is 0 Å². The van der Waals surface area contributed by atoms with E-state index in [1.54, 1.807) is 0 Å². The first-order valence-electron chi connectivity index (χ1n) is 4.32. The molecule has 1 aromatic carbocycles. The van der Waals surface area contributed by atoms with E-state index < -0.39 is 0 Å². The van der Waals surface area contributed by atoms with Gasteiger partial charge in [0.2, 0.25) is 0 Å². The van der Waals surface area contributed by atoms with Crippen LogP contribution in [0, 0.1) is 11.3 Å². The second-order valence-electron chi connectivity index (χ2n) is 2.57. The average Bonchev–Trinajstić information content (AvgIpc) is 2.25. The van der Waals surface area contributed by atoms with Crippen molar-refractivity contribution in [3.63, 3.8) is 0 Å². The van der Waals surface area contributed by atoms with Gasteiger partial charge >= 0.3 is 90.7 Å². The van der Waals surface area contributed by atoms with E-state index >= 15 is 0 Å². The van der Waals surface area contributed by atoms with Crippen molar-refractivity contribution in [3.8, 4) is 6.07 Å². The Morgan fingerprint density at radius 1 is 1.36 bits per heavy atom. The molecule has 70 valence electrons. The Kier molecular flexibility index (Phi) is 4.78. The van der Waals surface area contributed by atoms with Crippen molar-refractivity contribution < 1.29 is 0 Å². The quantitative estimate of drug-likeness (QED) is 0.456. The van der Waals surface area contributed by atoms with E-state index in [0.29, 0.717) is 15.0 Å². The first kappa shape index (κ1) is 10.8. The summed E-state index contributed by atoms with van der Waals surface area (Å²) in [5.41, 5.74) is 0. The minimum atomic E-state index is 0.309. The molecule has 0 saturated heterocycles. The summed E-state index contributed by atoms with van der Waals surface area (Å²) in [4.78, 5) is 0. The van der Waals surface area contributed by atoms with Crippen LogP contribution in [0.2, 0.25) is 0 Å². The van der Waals surface area contributed by atoms with Crippen LogP contribution < -0.4 is 4.46 Å². The van der Waals surface area contributed by atoms with Crippen molar-refractivity contribution >= 4 is 19.4 Å². The molecule has 0 amide bonds. The fourth-order valence-corrected chi connectivity index (χ4v) is 2.65. The number of benzene rings is 1. The molecule has 0 saturated carbocycles. The van der Waals surface area contributed by atoms with Gasteiger partial charge in [0, 0.05) is 0 Å². The number of rotatable bonds is 3. The van der Waals surface area contributed by atoms with Crippen LogP contribution in [0.15, 0.2) is 53.0 Å². The van der Waals surface area contributed by atoms with Gasteiger partial charge in [-0.1, -0.05) is 0 Å². The Balaban J connectivity index is 2.69. The monoisotopic (exact) mass is 249 g/mol. The summed E-state index contributed by atoms with van der Waals surface area (Å²) in [6.45, 7) is 2.00. The maximum absolute atomic E-state index is 8.42. The van der Waals surface area contributed by atoms with Gasteiger partial charge in [0.05, 0.1) is 0 Å². The molecule has 0 unspecified atom stereocenters. The maximum atomic E-state index is 8.42. The Hall–Kier alpha value is -1.29. The summed E-state index contributed by atoms with van der Waals surface area (Å²) >= 11 is 0.309. The van der Waals surface area contributed by atoms with Crippen molar-refractivity contribution in [3.05, 3.63) is 53.0 Å². The molecule has 1 aromatic rings. The predicted molar refractivity (Wildman–Crippen MR) is 60.3 cm³/mol. The Labute approximate surface area is 90.9 Å². The molecule has 14 heavy (non-hydrogen) atoms. The molecule has 0 aromatic heterocycles. The van der Waals surface area contributed by atoms with Crippen LogP contribution in [0.4, 0.5) is 0 Å². The van der Waals surface area contributed by atoms with Crippen LogP contribution in [-0.4, -0.2) is 15.0 Å². The third kappa shape index (κ3) is 3.62. The summed E-state index contributed by atoms with van der Waals surface area (Å²) < 4.78 is 2.56. The molecule has 0 aliphatic carbocycles. The van der Waals surface area contributed by atoms with E-state index in [2.05, 4.69) is 18.2 Å². The van der Waals surface area contributed by atoms with E-state index in [9.17, 15) is 0 Å². The Bertz CT molecular complexity index is 371. The van der Waals surface area contributed by atoms with Gasteiger partial charge in [0.1, 0.15) is 0 Å². The molecule has 0 aliphatic rings. The van der Waals surface area contributed by atoms with Crippen molar-refractivity contribution in [1.82, 2.24) is 0 Å². The first-order valence-corrected chi connectivity index (χ1v) is 6.03. The number of nitrogens with zero attached hydrogens (tertiary/aromatic N) is 1. The SMILES string of the molecule is C/C=C(/C=C/C#N)[Se]c1ccccc1. The van der Waals surface area contributed by atoms with Crippen LogP contribution >= 0.6 is 0 Å². The second kappa shape index (κ2) is 6.21. The molecule has 0 bridgehead atoms. The number of hydrogen-bond donors (Lipinski definition) is 0. The van der Waals surface area contributed by atoms with Gasteiger partial charge in [-0.05, 0) is 0 Å². The van der Waals surface area contributed by atoms with Crippen molar-refractivity contribution in [2.75, 3.05) is 0 Å². The summed E-state index contributed by atoms with van der Waals surface area (Å²) in [6.07, 6.45) is 5.47. The third-order valence-electron chi connectivity index (χ3n) is 1.59. The zero-order valence-corrected chi connectivity index (χ0v) is 9.69. The molecule has 0 aliphatic heterocycles.